The van der Waals surface area contributed by atoms with Crippen molar-refractivity contribution >= 4 is 5.91 Å². The lowest BCUT2D eigenvalue weighted by Crippen LogP contribution is -2.34. The molecule has 4 rings (SSSR count). The molecule has 0 radical (unpaired) electrons. The summed E-state index contributed by atoms with van der Waals surface area (Å²) in [6, 6.07) is 11.5. The predicted octanol–water partition coefficient (Wildman–Crippen LogP) is 2.89. The summed E-state index contributed by atoms with van der Waals surface area (Å²) in [4.78, 5) is 18.3. The highest BCUT2D eigenvalue weighted by Crippen LogP contribution is 2.38. The Kier molecular flexibility index (Phi) is 4.76. The molecule has 1 unspecified atom stereocenters. The van der Waals surface area contributed by atoms with Gasteiger partial charge in [0.15, 0.2) is 0 Å². The van der Waals surface area contributed by atoms with Gasteiger partial charge < -0.3 is 10.0 Å². The predicted molar refractivity (Wildman–Crippen MR) is 107 cm³/mol. The summed E-state index contributed by atoms with van der Waals surface area (Å²) in [6.07, 6.45) is 3.45. The van der Waals surface area contributed by atoms with E-state index in [-0.39, 0.29) is 18.3 Å². The number of carbonyl (C=O) groups is 1. The molecule has 1 N–H and O–H groups in total. The van der Waals surface area contributed by atoms with E-state index < -0.39 is 5.60 Å². The van der Waals surface area contributed by atoms with Gasteiger partial charge in [0.1, 0.15) is 17.1 Å². The molecule has 1 fully saturated rings. The summed E-state index contributed by atoms with van der Waals surface area (Å²) in [6.45, 7) is 4.12. The van der Waals surface area contributed by atoms with Crippen molar-refractivity contribution in [3.63, 3.8) is 0 Å². The number of aryl methyl sites for hydroxylation is 1. The summed E-state index contributed by atoms with van der Waals surface area (Å²) in [5, 5.41) is 15.8. The molecule has 7 heteroatoms. The number of halogens is 1. The van der Waals surface area contributed by atoms with Crippen LogP contribution in [0.1, 0.15) is 12.0 Å². The number of hydrogen-bond acceptors (Lipinski definition) is 4. The number of aromatic nitrogens is 3. The fourth-order valence-electron chi connectivity index (χ4n) is 3.68. The first kappa shape index (κ1) is 19.0. The van der Waals surface area contributed by atoms with E-state index in [0.717, 1.165) is 5.56 Å². The van der Waals surface area contributed by atoms with E-state index in [0.29, 0.717) is 35.6 Å². The van der Waals surface area contributed by atoms with Crippen molar-refractivity contribution in [2.24, 2.45) is 7.05 Å². The van der Waals surface area contributed by atoms with Crippen LogP contribution in [-0.2, 0) is 17.4 Å². The molecule has 0 spiro atoms. The first-order valence-corrected chi connectivity index (χ1v) is 9.31. The standard InChI is InChI=1S/C22H21FN4O2/c1-3-20(28)27-13-11-22(29,14-27)17-8-9-18(15-4-6-16(23)7-5-15)24-21(17)19-10-12-26(2)25-19/h3-10,12,29H,1,11,13-14H2,2H3. The van der Waals surface area contributed by atoms with Crippen LogP contribution in [0.2, 0.25) is 0 Å². The number of rotatable bonds is 4. The second-order valence-electron chi connectivity index (χ2n) is 7.22. The van der Waals surface area contributed by atoms with Crippen LogP contribution in [0, 0.1) is 5.82 Å². The molecule has 0 saturated carbocycles. The fraction of sp³-hybridized carbons (Fsp3) is 0.227. The molecule has 148 valence electrons. The van der Waals surface area contributed by atoms with Gasteiger partial charge in [-0.25, -0.2) is 9.37 Å². The Morgan fingerprint density at radius 1 is 1.21 bits per heavy atom. The highest BCUT2D eigenvalue weighted by molar-refractivity contribution is 5.87. The van der Waals surface area contributed by atoms with Gasteiger partial charge >= 0.3 is 0 Å². The van der Waals surface area contributed by atoms with Crippen LogP contribution >= 0.6 is 0 Å². The molecule has 6 nitrogen and oxygen atoms in total. The van der Waals surface area contributed by atoms with E-state index >= 15 is 0 Å². The van der Waals surface area contributed by atoms with Crippen molar-refractivity contribution < 1.29 is 14.3 Å². The second kappa shape index (κ2) is 7.25. The number of hydrogen-bond donors (Lipinski definition) is 1. The Morgan fingerprint density at radius 2 is 1.97 bits per heavy atom. The number of carbonyl (C=O) groups excluding carboxylic acids is 1. The van der Waals surface area contributed by atoms with Crippen molar-refractivity contribution in [2.75, 3.05) is 13.1 Å². The Morgan fingerprint density at radius 3 is 2.62 bits per heavy atom. The van der Waals surface area contributed by atoms with Crippen molar-refractivity contribution in [3.8, 4) is 22.6 Å². The third-order valence-corrected chi connectivity index (χ3v) is 5.23. The zero-order valence-corrected chi connectivity index (χ0v) is 16.0. The van der Waals surface area contributed by atoms with Gasteiger partial charge in [0.25, 0.3) is 0 Å². The zero-order chi connectivity index (χ0) is 20.6. The summed E-state index contributed by atoms with van der Waals surface area (Å²) < 4.78 is 15.0. The Bertz CT molecular complexity index is 1080. The lowest BCUT2D eigenvalue weighted by Gasteiger charge is -2.25. The topological polar surface area (TPSA) is 71.2 Å². The molecule has 1 aliphatic rings. The van der Waals surface area contributed by atoms with Gasteiger partial charge in [-0.05, 0) is 48.9 Å². The van der Waals surface area contributed by atoms with Gasteiger partial charge in [-0.3, -0.25) is 9.48 Å². The summed E-state index contributed by atoms with van der Waals surface area (Å²) in [5.41, 5.74) is 1.95. The average molecular weight is 392 g/mol. The molecule has 0 bridgehead atoms. The van der Waals surface area contributed by atoms with Gasteiger partial charge in [-0.15, -0.1) is 0 Å². The van der Waals surface area contributed by atoms with Crippen LogP contribution in [0.25, 0.3) is 22.6 Å². The molecule has 1 saturated heterocycles. The van der Waals surface area contributed by atoms with E-state index in [1.54, 1.807) is 34.0 Å². The molecule has 3 aromatic rings. The molecule has 2 aromatic heterocycles. The average Bonchev–Trinajstić information content (AvgIpc) is 3.34. The van der Waals surface area contributed by atoms with E-state index in [1.165, 1.54) is 18.2 Å². The molecule has 29 heavy (non-hydrogen) atoms. The number of pyridine rings is 1. The van der Waals surface area contributed by atoms with Gasteiger partial charge in [-0.1, -0.05) is 12.6 Å². The lowest BCUT2D eigenvalue weighted by atomic mass is 9.90. The number of β-amino-alcohol motifs (C(OH)–C–C–N with tert-alkyl or cyclic N) is 1. The fourth-order valence-corrected chi connectivity index (χ4v) is 3.68. The highest BCUT2D eigenvalue weighted by Gasteiger charge is 2.41. The van der Waals surface area contributed by atoms with Gasteiger partial charge in [0.2, 0.25) is 5.91 Å². The minimum atomic E-state index is -1.24. The van der Waals surface area contributed by atoms with Crippen LogP contribution in [0.5, 0.6) is 0 Å². The Labute approximate surface area is 167 Å². The monoisotopic (exact) mass is 392 g/mol. The molecule has 1 amide bonds. The van der Waals surface area contributed by atoms with Crippen molar-refractivity contribution in [1.82, 2.24) is 19.7 Å². The molecule has 3 heterocycles. The SMILES string of the molecule is C=CC(=O)N1CCC(O)(c2ccc(-c3ccc(F)cc3)nc2-c2ccn(C)n2)C1. The largest absolute Gasteiger partial charge is 0.383 e. The maximum Gasteiger partial charge on any atom is 0.246 e. The highest BCUT2D eigenvalue weighted by atomic mass is 19.1. The number of nitrogens with zero attached hydrogens (tertiary/aromatic N) is 4. The van der Waals surface area contributed by atoms with Crippen molar-refractivity contribution in [1.29, 1.82) is 0 Å². The van der Waals surface area contributed by atoms with E-state index in [2.05, 4.69) is 11.7 Å². The molecule has 1 aromatic carbocycles. The second-order valence-corrected chi connectivity index (χ2v) is 7.22. The number of amides is 1. The summed E-state index contributed by atoms with van der Waals surface area (Å²) in [7, 11) is 1.81. The van der Waals surface area contributed by atoms with Crippen LogP contribution in [-0.4, -0.2) is 43.8 Å². The van der Waals surface area contributed by atoms with E-state index in [4.69, 9.17) is 4.98 Å². The molecule has 0 aliphatic carbocycles. The number of benzene rings is 1. The maximum atomic E-state index is 13.3. The molecular formula is C22H21FN4O2. The zero-order valence-electron chi connectivity index (χ0n) is 16.0. The van der Waals surface area contributed by atoms with Crippen LogP contribution in [0.4, 0.5) is 4.39 Å². The van der Waals surface area contributed by atoms with Crippen molar-refractivity contribution in [2.45, 2.75) is 12.0 Å². The first-order chi connectivity index (χ1) is 13.9. The normalized spacial score (nSPS) is 18.8. The van der Waals surface area contributed by atoms with Crippen LogP contribution < -0.4 is 0 Å². The molecular weight excluding hydrogens is 371 g/mol. The number of aliphatic hydroxyl groups is 1. The maximum absolute atomic E-state index is 13.3. The van der Waals surface area contributed by atoms with Gasteiger partial charge in [0.05, 0.1) is 17.9 Å². The van der Waals surface area contributed by atoms with E-state index in [9.17, 15) is 14.3 Å². The van der Waals surface area contributed by atoms with Gasteiger partial charge in [-0.2, -0.15) is 5.10 Å². The third-order valence-electron chi connectivity index (χ3n) is 5.23. The van der Waals surface area contributed by atoms with Crippen molar-refractivity contribution in [3.05, 3.63) is 72.7 Å². The van der Waals surface area contributed by atoms with Gasteiger partial charge in [0, 0.05) is 30.9 Å². The first-order valence-electron chi connectivity index (χ1n) is 9.31. The quantitative estimate of drug-likeness (QED) is 0.693. The Hall–Kier alpha value is -3.32. The molecule has 1 atom stereocenters. The third kappa shape index (κ3) is 3.56. The van der Waals surface area contributed by atoms with Crippen LogP contribution in [0.3, 0.4) is 0 Å². The van der Waals surface area contributed by atoms with E-state index in [1.807, 2.05) is 19.2 Å². The lowest BCUT2D eigenvalue weighted by molar-refractivity contribution is -0.126. The minimum Gasteiger partial charge on any atom is -0.383 e. The summed E-state index contributed by atoms with van der Waals surface area (Å²) in [5.74, 6) is -0.529. The number of likely N-dealkylation sites (tertiary alicyclic amines) is 1. The molecule has 1 aliphatic heterocycles. The Balaban J connectivity index is 1.80. The minimum absolute atomic E-state index is 0.162. The van der Waals surface area contributed by atoms with Crippen LogP contribution in [0.15, 0.2) is 61.3 Å². The summed E-state index contributed by atoms with van der Waals surface area (Å²) >= 11 is 0. The smallest absolute Gasteiger partial charge is 0.246 e.